The number of esters is 1. The van der Waals surface area contributed by atoms with Gasteiger partial charge in [-0.1, -0.05) is 0 Å². The number of amides is 1. The molecule has 98 valence electrons. The Morgan fingerprint density at radius 3 is 2.82 bits per heavy atom. The molecule has 1 rings (SSSR count). The Morgan fingerprint density at radius 1 is 1.59 bits per heavy atom. The van der Waals surface area contributed by atoms with Gasteiger partial charge in [-0.3, -0.25) is 9.69 Å². The van der Waals surface area contributed by atoms with Crippen LogP contribution in [0.4, 0.5) is 0 Å². The SMILES string of the molecule is COC(=O)C(CN1CCCC(N)C1)NC(C)=O. The summed E-state index contributed by atoms with van der Waals surface area (Å²) in [6.45, 7) is 3.51. The Labute approximate surface area is 101 Å². The fourth-order valence-electron chi connectivity index (χ4n) is 2.08. The molecule has 1 aliphatic heterocycles. The van der Waals surface area contributed by atoms with E-state index in [-0.39, 0.29) is 11.9 Å². The average molecular weight is 243 g/mol. The number of piperidine rings is 1. The van der Waals surface area contributed by atoms with E-state index in [0.29, 0.717) is 6.54 Å². The fourth-order valence-corrected chi connectivity index (χ4v) is 2.08. The summed E-state index contributed by atoms with van der Waals surface area (Å²) in [6.07, 6.45) is 2.04. The maximum absolute atomic E-state index is 11.5. The predicted octanol–water partition coefficient (Wildman–Crippen LogP) is -0.913. The van der Waals surface area contributed by atoms with Crippen molar-refractivity contribution in [1.29, 1.82) is 0 Å². The first-order valence-corrected chi connectivity index (χ1v) is 5.85. The highest BCUT2D eigenvalue weighted by molar-refractivity contribution is 5.83. The predicted molar refractivity (Wildman–Crippen MR) is 63.3 cm³/mol. The Bertz CT molecular complexity index is 283. The molecular formula is C11H21N3O3. The van der Waals surface area contributed by atoms with Crippen molar-refractivity contribution < 1.29 is 14.3 Å². The van der Waals surface area contributed by atoms with E-state index in [1.54, 1.807) is 0 Å². The molecule has 2 unspecified atom stereocenters. The van der Waals surface area contributed by atoms with Gasteiger partial charge in [0.25, 0.3) is 0 Å². The quantitative estimate of drug-likeness (QED) is 0.624. The minimum Gasteiger partial charge on any atom is -0.467 e. The molecule has 1 amide bonds. The van der Waals surface area contributed by atoms with Crippen molar-refractivity contribution in [3.63, 3.8) is 0 Å². The molecule has 0 aromatic rings. The number of likely N-dealkylation sites (tertiary alicyclic amines) is 1. The third-order valence-corrected chi connectivity index (χ3v) is 2.85. The molecule has 3 N–H and O–H groups in total. The van der Waals surface area contributed by atoms with Gasteiger partial charge in [0.15, 0.2) is 0 Å². The van der Waals surface area contributed by atoms with Crippen LogP contribution in [0, 0.1) is 0 Å². The molecular weight excluding hydrogens is 222 g/mol. The number of ether oxygens (including phenoxy) is 1. The molecule has 0 saturated carbocycles. The van der Waals surface area contributed by atoms with Crippen molar-refractivity contribution in [3.05, 3.63) is 0 Å². The van der Waals surface area contributed by atoms with Crippen molar-refractivity contribution in [3.8, 4) is 0 Å². The lowest BCUT2D eigenvalue weighted by atomic mass is 10.1. The summed E-state index contributed by atoms with van der Waals surface area (Å²) in [5.41, 5.74) is 5.87. The summed E-state index contributed by atoms with van der Waals surface area (Å²) in [5, 5.41) is 2.60. The van der Waals surface area contributed by atoms with Gasteiger partial charge in [0.2, 0.25) is 5.91 Å². The number of nitrogens with two attached hydrogens (primary N) is 1. The first-order valence-electron chi connectivity index (χ1n) is 5.85. The Morgan fingerprint density at radius 2 is 2.29 bits per heavy atom. The van der Waals surface area contributed by atoms with Gasteiger partial charge in [-0.05, 0) is 19.4 Å². The summed E-state index contributed by atoms with van der Waals surface area (Å²) >= 11 is 0. The summed E-state index contributed by atoms with van der Waals surface area (Å²) in [4.78, 5) is 24.6. The molecule has 0 aliphatic carbocycles. The summed E-state index contributed by atoms with van der Waals surface area (Å²) in [7, 11) is 1.32. The second-order valence-corrected chi connectivity index (χ2v) is 4.44. The number of nitrogens with zero attached hydrogens (tertiary/aromatic N) is 1. The smallest absolute Gasteiger partial charge is 0.329 e. The molecule has 1 heterocycles. The van der Waals surface area contributed by atoms with E-state index in [2.05, 4.69) is 15.0 Å². The van der Waals surface area contributed by atoms with Gasteiger partial charge in [0, 0.05) is 26.1 Å². The van der Waals surface area contributed by atoms with E-state index in [4.69, 9.17) is 5.73 Å². The van der Waals surface area contributed by atoms with Crippen LogP contribution in [0.5, 0.6) is 0 Å². The minimum absolute atomic E-state index is 0.152. The lowest BCUT2D eigenvalue weighted by molar-refractivity contribution is -0.145. The number of rotatable bonds is 4. The van der Waals surface area contributed by atoms with E-state index in [1.807, 2.05) is 0 Å². The molecule has 6 nitrogen and oxygen atoms in total. The highest BCUT2D eigenvalue weighted by atomic mass is 16.5. The molecule has 6 heteroatoms. The van der Waals surface area contributed by atoms with Crippen LogP contribution in [0.3, 0.4) is 0 Å². The lowest BCUT2D eigenvalue weighted by Crippen LogP contribution is -2.52. The van der Waals surface area contributed by atoms with Crippen LogP contribution in [0.2, 0.25) is 0 Å². The average Bonchev–Trinajstić information content (AvgIpc) is 2.26. The zero-order valence-corrected chi connectivity index (χ0v) is 10.4. The van der Waals surface area contributed by atoms with Crippen LogP contribution in [0.25, 0.3) is 0 Å². The number of methoxy groups -OCH3 is 1. The zero-order valence-electron chi connectivity index (χ0n) is 10.4. The third kappa shape index (κ3) is 4.70. The van der Waals surface area contributed by atoms with E-state index in [9.17, 15) is 9.59 Å². The zero-order chi connectivity index (χ0) is 12.8. The van der Waals surface area contributed by atoms with Crippen molar-refractivity contribution >= 4 is 11.9 Å². The third-order valence-electron chi connectivity index (χ3n) is 2.85. The Kier molecular flexibility index (Phi) is 5.37. The summed E-state index contributed by atoms with van der Waals surface area (Å²) in [6, 6.07) is -0.456. The first kappa shape index (κ1) is 13.9. The Hall–Kier alpha value is -1.14. The van der Waals surface area contributed by atoms with Gasteiger partial charge in [-0.15, -0.1) is 0 Å². The number of carbonyl (C=O) groups is 2. The van der Waals surface area contributed by atoms with Crippen LogP contribution in [0.1, 0.15) is 19.8 Å². The van der Waals surface area contributed by atoms with Crippen LogP contribution < -0.4 is 11.1 Å². The second-order valence-electron chi connectivity index (χ2n) is 4.44. The van der Waals surface area contributed by atoms with E-state index >= 15 is 0 Å². The molecule has 0 bridgehead atoms. The molecule has 1 fully saturated rings. The van der Waals surface area contributed by atoms with E-state index in [1.165, 1.54) is 14.0 Å². The lowest BCUT2D eigenvalue weighted by Gasteiger charge is -2.32. The topological polar surface area (TPSA) is 84.7 Å². The fraction of sp³-hybridized carbons (Fsp3) is 0.818. The van der Waals surface area contributed by atoms with Crippen molar-refractivity contribution in [2.24, 2.45) is 5.73 Å². The Balaban J connectivity index is 2.52. The molecule has 0 aromatic heterocycles. The molecule has 1 aliphatic rings. The van der Waals surface area contributed by atoms with Crippen LogP contribution in [-0.2, 0) is 14.3 Å². The maximum atomic E-state index is 11.5. The number of hydrogen-bond acceptors (Lipinski definition) is 5. The largest absolute Gasteiger partial charge is 0.467 e. The highest BCUT2D eigenvalue weighted by Gasteiger charge is 2.25. The van der Waals surface area contributed by atoms with Gasteiger partial charge >= 0.3 is 5.97 Å². The van der Waals surface area contributed by atoms with Crippen LogP contribution in [-0.4, -0.2) is 55.6 Å². The van der Waals surface area contributed by atoms with Gasteiger partial charge in [-0.25, -0.2) is 4.79 Å². The monoisotopic (exact) mass is 243 g/mol. The minimum atomic E-state index is -0.609. The molecule has 2 atom stereocenters. The van der Waals surface area contributed by atoms with Gasteiger partial charge in [0.1, 0.15) is 6.04 Å². The number of hydrogen-bond donors (Lipinski definition) is 2. The molecule has 0 aromatic carbocycles. The van der Waals surface area contributed by atoms with Crippen molar-refractivity contribution in [1.82, 2.24) is 10.2 Å². The molecule has 17 heavy (non-hydrogen) atoms. The molecule has 1 saturated heterocycles. The molecule has 0 spiro atoms. The summed E-state index contributed by atoms with van der Waals surface area (Å²) in [5.74, 6) is -0.652. The molecule has 0 radical (unpaired) electrons. The summed E-state index contributed by atoms with van der Waals surface area (Å²) < 4.78 is 4.67. The van der Waals surface area contributed by atoms with Gasteiger partial charge < -0.3 is 15.8 Å². The van der Waals surface area contributed by atoms with Crippen molar-refractivity contribution in [2.45, 2.75) is 31.8 Å². The van der Waals surface area contributed by atoms with E-state index in [0.717, 1.165) is 25.9 Å². The van der Waals surface area contributed by atoms with Crippen LogP contribution in [0.15, 0.2) is 0 Å². The number of nitrogens with one attached hydrogen (secondary N) is 1. The first-order chi connectivity index (χ1) is 8.02. The van der Waals surface area contributed by atoms with Gasteiger partial charge in [0.05, 0.1) is 7.11 Å². The van der Waals surface area contributed by atoms with Crippen molar-refractivity contribution in [2.75, 3.05) is 26.7 Å². The van der Waals surface area contributed by atoms with E-state index < -0.39 is 12.0 Å². The highest BCUT2D eigenvalue weighted by Crippen LogP contribution is 2.08. The van der Waals surface area contributed by atoms with Crippen LogP contribution >= 0.6 is 0 Å². The second kappa shape index (κ2) is 6.56. The standard InChI is InChI=1S/C11H21N3O3/c1-8(15)13-10(11(16)17-2)7-14-5-3-4-9(12)6-14/h9-10H,3-7,12H2,1-2H3,(H,13,15). The normalized spacial score (nSPS) is 22.9. The van der Waals surface area contributed by atoms with Gasteiger partial charge in [-0.2, -0.15) is 0 Å². The maximum Gasteiger partial charge on any atom is 0.329 e. The number of carbonyl (C=O) groups excluding carboxylic acids is 2.